The van der Waals surface area contributed by atoms with E-state index in [1.165, 1.54) is 0 Å². The average molecular weight is 386 g/mol. The number of likely N-dealkylation sites (tertiary alicyclic amines) is 1. The van der Waals surface area contributed by atoms with Crippen molar-refractivity contribution >= 4 is 11.6 Å². The molecule has 1 unspecified atom stereocenters. The van der Waals surface area contributed by atoms with E-state index in [1.54, 1.807) is 18.9 Å². The number of carbonyl (C=O) groups is 1. The summed E-state index contributed by atoms with van der Waals surface area (Å²) in [5.74, 6) is 1.41. The zero-order valence-electron chi connectivity index (χ0n) is 17.5. The Morgan fingerprint density at radius 1 is 1.29 bits per heavy atom. The van der Waals surface area contributed by atoms with Crippen LogP contribution in [0.5, 0.6) is 0 Å². The molecule has 0 spiro atoms. The third kappa shape index (κ3) is 4.04. The Balaban J connectivity index is 1.89. The van der Waals surface area contributed by atoms with Gasteiger partial charge < -0.3 is 19.4 Å². The molecule has 152 valence electrons. The van der Waals surface area contributed by atoms with Crippen LogP contribution < -0.4 is 5.32 Å². The molecule has 7 heteroatoms. The van der Waals surface area contributed by atoms with E-state index in [4.69, 9.17) is 9.15 Å². The lowest BCUT2D eigenvalue weighted by molar-refractivity contribution is 0.0673. The van der Waals surface area contributed by atoms with Crippen molar-refractivity contribution in [2.75, 3.05) is 19.0 Å². The second kappa shape index (κ2) is 8.31. The molecule has 0 aliphatic carbocycles. The van der Waals surface area contributed by atoms with Gasteiger partial charge in [-0.05, 0) is 37.5 Å². The predicted octanol–water partition coefficient (Wildman–Crippen LogP) is 3.75. The van der Waals surface area contributed by atoms with Crippen LogP contribution in [-0.2, 0) is 4.74 Å². The monoisotopic (exact) mass is 386 g/mol. The smallest absolute Gasteiger partial charge is 0.254 e. The highest BCUT2D eigenvalue weighted by Crippen LogP contribution is 2.35. The summed E-state index contributed by atoms with van der Waals surface area (Å²) in [6.45, 7) is 10.7. The number of methoxy groups -OCH3 is 1. The first-order valence-electron chi connectivity index (χ1n) is 9.81. The standard InChI is InChI=1S/C21H30N4O3/c1-12(2)14(4)22-18-9-7-8-17(13(18)3)21(26)25-11-16(27-6)10-19(25)20-24-23-15(5)28-20/h7-9,12,14,16,19,22H,10-11H2,1-6H3/t14?,16-,19-/m1/s1. The molecular weight excluding hydrogens is 356 g/mol. The predicted molar refractivity (Wildman–Crippen MR) is 107 cm³/mol. The highest BCUT2D eigenvalue weighted by atomic mass is 16.5. The normalized spacial score (nSPS) is 20.6. The molecule has 1 aliphatic heterocycles. The molecule has 1 amide bonds. The minimum Gasteiger partial charge on any atom is -0.423 e. The van der Waals surface area contributed by atoms with E-state index in [9.17, 15) is 4.79 Å². The Kier molecular flexibility index (Phi) is 6.03. The third-order valence-electron chi connectivity index (χ3n) is 5.63. The first kappa shape index (κ1) is 20.3. The van der Waals surface area contributed by atoms with Gasteiger partial charge in [0.1, 0.15) is 6.04 Å². The van der Waals surface area contributed by atoms with Gasteiger partial charge in [-0.3, -0.25) is 4.79 Å². The van der Waals surface area contributed by atoms with Gasteiger partial charge in [-0.1, -0.05) is 19.9 Å². The van der Waals surface area contributed by atoms with Crippen LogP contribution in [0.1, 0.15) is 60.9 Å². The van der Waals surface area contributed by atoms with Crippen LogP contribution in [0.3, 0.4) is 0 Å². The zero-order valence-corrected chi connectivity index (χ0v) is 17.5. The number of carbonyl (C=O) groups excluding carboxylic acids is 1. The Bertz CT molecular complexity index is 833. The molecule has 3 rings (SSSR count). The highest BCUT2D eigenvalue weighted by molar-refractivity contribution is 5.97. The van der Waals surface area contributed by atoms with E-state index in [0.29, 0.717) is 42.3 Å². The lowest BCUT2D eigenvalue weighted by Crippen LogP contribution is -2.33. The van der Waals surface area contributed by atoms with Crippen molar-refractivity contribution in [3.8, 4) is 0 Å². The van der Waals surface area contributed by atoms with Gasteiger partial charge in [0.05, 0.1) is 6.10 Å². The van der Waals surface area contributed by atoms with Crippen LogP contribution in [0.25, 0.3) is 0 Å². The number of anilines is 1. The van der Waals surface area contributed by atoms with Gasteiger partial charge >= 0.3 is 0 Å². The van der Waals surface area contributed by atoms with E-state index >= 15 is 0 Å². The SMILES string of the molecule is CO[C@@H]1C[C@H](c2nnc(C)o2)N(C(=O)c2cccc(NC(C)C(C)C)c2C)C1. The molecule has 1 fully saturated rings. The summed E-state index contributed by atoms with van der Waals surface area (Å²) in [6, 6.07) is 5.85. The second-order valence-electron chi connectivity index (χ2n) is 7.88. The van der Waals surface area contributed by atoms with Crippen LogP contribution in [0.4, 0.5) is 5.69 Å². The first-order chi connectivity index (χ1) is 13.3. The number of ether oxygens (including phenoxy) is 1. The lowest BCUT2D eigenvalue weighted by Gasteiger charge is -2.25. The third-order valence-corrected chi connectivity index (χ3v) is 5.63. The van der Waals surface area contributed by atoms with Crippen molar-refractivity contribution in [1.29, 1.82) is 0 Å². The summed E-state index contributed by atoms with van der Waals surface area (Å²) in [6.07, 6.45) is 0.592. The van der Waals surface area contributed by atoms with E-state index in [1.807, 2.05) is 25.1 Å². The molecule has 0 bridgehead atoms. The fourth-order valence-electron chi connectivity index (χ4n) is 3.46. The maximum absolute atomic E-state index is 13.4. The fraction of sp³-hybridized carbons (Fsp3) is 0.571. The Hall–Kier alpha value is -2.41. The van der Waals surface area contributed by atoms with Crippen molar-refractivity contribution in [2.24, 2.45) is 5.92 Å². The molecule has 1 saturated heterocycles. The molecule has 2 aromatic rings. The topological polar surface area (TPSA) is 80.5 Å². The van der Waals surface area contributed by atoms with Gasteiger partial charge in [-0.25, -0.2) is 0 Å². The fourth-order valence-corrected chi connectivity index (χ4v) is 3.46. The van der Waals surface area contributed by atoms with Crippen molar-refractivity contribution in [2.45, 2.75) is 59.2 Å². The number of benzene rings is 1. The molecule has 7 nitrogen and oxygen atoms in total. The molecule has 1 aromatic carbocycles. The molecule has 2 heterocycles. The van der Waals surface area contributed by atoms with E-state index in [2.05, 4.69) is 36.3 Å². The number of aromatic nitrogens is 2. The van der Waals surface area contributed by atoms with Crippen LogP contribution in [0.15, 0.2) is 22.6 Å². The van der Waals surface area contributed by atoms with E-state index < -0.39 is 0 Å². The zero-order chi connectivity index (χ0) is 20.4. The number of aryl methyl sites for hydroxylation is 1. The molecule has 0 saturated carbocycles. The number of nitrogens with one attached hydrogen (secondary N) is 1. The van der Waals surface area contributed by atoms with Crippen LogP contribution in [0, 0.1) is 19.8 Å². The number of amides is 1. The van der Waals surface area contributed by atoms with Gasteiger partial charge in [-0.2, -0.15) is 0 Å². The molecule has 28 heavy (non-hydrogen) atoms. The lowest BCUT2D eigenvalue weighted by atomic mass is 10.0. The van der Waals surface area contributed by atoms with Crippen LogP contribution in [-0.4, -0.2) is 46.8 Å². The van der Waals surface area contributed by atoms with Crippen LogP contribution in [0.2, 0.25) is 0 Å². The summed E-state index contributed by atoms with van der Waals surface area (Å²) < 4.78 is 11.1. The number of hydrogen-bond donors (Lipinski definition) is 1. The van der Waals surface area contributed by atoms with Gasteiger partial charge in [-0.15, -0.1) is 10.2 Å². The second-order valence-corrected chi connectivity index (χ2v) is 7.88. The van der Waals surface area contributed by atoms with Gasteiger partial charge in [0.25, 0.3) is 5.91 Å². The summed E-state index contributed by atoms with van der Waals surface area (Å²) in [4.78, 5) is 15.2. The summed E-state index contributed by atoms with van der Waals surface area (Å²) >= 11 is 0. The van der Waals surface area contributed by atoms with E-state index in [0.717, 1.165) is 11.3 Å². The number of hydrogen-bond acceptors (Lipinski definition) is 6. The Labute approximate surface area is 166 Å². The largest absolute Gasteiger partial charge is 0.423 e. The molecule has 1 aliphatic rings. The van der Waals surface area contributed by atoms with Crippen molar-refractivity contribution in [3.63, 3.8) is 0 Å². The van der Waals surface area contributed by atoms with Gasteiger partial charge in [0.15, 0.2) is 0 Å². The maximum atomic E-state index is 13.4. The van der Waals surface area contributed by atoms with Crippen molar-refractivity contribution in [3.05, 3.63) is 41.1 Å². The average Bonchev–Trinajstić information content (AvgIpc) is 3.28. The summed E-state index contributed by atoms with van der Waals surface area (Å²) in [7, 11) is 1.66. The summed E-state index contributed by atoms with van der Waals surface area (Å²) in [5.41, 5.74) is 2.61. The number of nitrogens with zero attached hydrogens (tertiary/aromatic N) is 3. The first-order valence-corrected chi connectivity index (χ1v) is 9.81. The Morgan fingerprint density at radius 2 is 2.04 bits per heavy atom. The van der Waals surface area contributed by atoms with Crippen molar-refractivity contribution < 1.29 is 13.9 Å². The molecular formula is C21H30N4O3. The number of rotatable bonds is 6. The molecule has 1 aromatic heterocycles. The Morgan fingerprint density at radius 3 is 2.64 bits per heavy atom. The van der Waals surface area contributed by atoms with Crippen LogP contribution >= 0.6 is 0 Å². The maximum Gasteiger partial charge on any atom is 0.254 e. The molecule has 3 atom stereocenters. The van der Waals surface area contributed by atoms with E-state index in [-0.39, 0.29) is 18.1 Å². The van der Waals surface area contributed by atoms with Crippen molar-refractivity contribution in [1.82, 2.24) is 15.1 Å². The van der Waals surface area contributed by atoms with Gasteiger partial charge in [0.2, 0.25) is 11.8 Å². The summed E-state index contributed by atoms with van der Waals surface area (Å²) in [5, 5.41) is 11.6. The highest BCUT2D eigenvalue weighted by Gasteiger charge is 2.40. The molecule has 1 N–H and O–H groups in total. The quantitative estimate of drug-likeness (QED) is 0.814. The minimum atomic E-state index is -0.274. The minimum absolute atomic E-state index is 0.0428. The molecule has 0 radical (unpaired) electrons. The van der Waals surface area contributed by atoms with Gasteiger partial charge in [0, 0.05) is 44.3 Å².